The molecule has 120 valence electrons. The van der Waals surface area contributed by atoms with Gasteiger partial charge < -0.3 is 21.3 Å². The number of urea groups is 1. The van der Waals surface area contributed by atoms with E-state index in [4.69, 9.17) is 5.73 Å². The summed E-state index contributed by atoms with van der Waals surface area (Å²) in [6.45, 7) is 1.27. The summed E-state index contributed by atoms with van der Waals surface area (Å²) >= 11 is 0. The molecular formula is C13H18N4O5. The summed E-state index contributed by atoms with van der Waals surface area (Å²) in [7, 11) is 0. The fourth-order valence-electron chi connectivity index (χ4n) is 1.58. The number of rotatable bonds is 5. The smallest absolute Gasteiger partial charge is 0.334 e. The molecule has 1 aromatic rings. The van der Waals surface area contributed by atoms with Gasteiger partial charge in [0.05, 0.1) is 6.10 Å². The Morgan fingerprint density at radius 2 is 1.68 bits per heavy atom. The zero-order chi connectivity index (χ0) is 16.7. The summed E-state index contributed by atoms with van der Waals surface area (Å²) in [5.74, 6) is -1.80. The lowest BCUT2D eigenvalue weighted by atomic mass is 10.1. The van der Waals surface area contributed by atoms with Crippen molar-refractivity contribution >= 4 is 17.8 Å². The second-order valence-corrected chi connectivity index (χ2v) is 4.52. The van der Waals surface area contributed by atoms with E-state index in [1.54, 1.807) is 30.3 Å². The Labute approximate surface area is 126 Å². The van der Waals surface area contributed by atoms with Gasteiger partial charge in [-0.05, 0) is 12.5 Å². The maximum Gasteiger partial charge on any atom is 0.334 e. The number of nitrogens with one attached hydrogen (secondary N) is 3. The maximum atomic E-state index is 11.7. The van der Waals surface area contributed by atoms with Crippen molar-refractivity contribution in [2.24, 2.45) is 5.73 Å². The fraction of sp³-hybridized carbons (Fsp3) is 0.308. The van der Waals surface area contributed by atoms with E-state index < -0.39 is 36.1 Å². The SMILES string of the molecule is CC(O)C(NC(=O)NNC(=O)C(O)c1ccccc1)C(N)=O. The van der Waals surface area contributed by atoms with Crippen molar-refractivity contribution in [3.05, 3.63) is 35.9 Å². The molecule has 0 radical (unpaired) electrons. The van der Waals surface area contributed by atoms with Gasteiger partial charge >= 0.3 is 6.03 Å². The summed E-state index contributed by atoms with van der Waals surface area (Å²) < 4.78 is 0. The normalized spacial score (nSPS) is 14.3. The van der Waals surface area contributed by atoms with Gasteiger partial charge in [-0.15, -0.1) is 0 Å². The minimum absolute atomic E-state index is 0.348. The molecule has 0 aliphatic carbocycles. The van der Waals surface area contributed by atoms with Gasteiger partial charge in [0.15, 0.2) is 6.10 Å². The van der Waals surface area contributed by atoms with Crippen molar-refractivity contribution in [1.82, 2.24) is 16.2 Å². The molecule has 0 fully saturated rings. The number of carbonyl (C=O) groups excluding carboxylic acids is 3. The predicted molar refractivity (Wildman–Crippen MR) is 75.9 cm³/mol. The highest BCUT2D eigenvalue weighted by molar-refractivity contribution is 5.88. The first-order valence-corrected chi connectivity index (χ1v) is 6.39. The van der Waals surface area contributed by atoms with Crippen molar-refractivity contribution in [1.29, 1.82) is 0 Å². The molecule has 1 rings (SSSR count). The minimum atomic E-state index is -1.47. The second-order valence-electron chi connectivity index (χ2n) is 4.52. The van der Waals surface area contributed by atoms with E-state index in [0.717, 1.165) is 0 Å². The first-order valence-electron chi connectivity index (χ1n) is 6.39. The first-order chi connectivity index (χ1) is 10.3. The lowest BCUT2D eigenvalue weighted by Crippen LogP contribution is -2.56. The molecule has 9 heteroatoms. The van der Waals surface area contributed by atoms with Gasteiger partial charge in [0.1, 0.15) is 6.04 Å². The average Bonchev–Trinajstić information content (AvgIpc) is 2.49. The molecular weight excluding hydrogens is 292 g/mol. The number of hydrazine groups is 1. The highest BCUT2D eigenvalue weighted by atomic mass is 16.3. The first kappa shape index (κ1) is 17.4. The lowest BCUT2D eigenvalue weighted by Gasteiger charge is -2.19. The van der Waals surface area contributed by atoms with Gasteiger partial charge in [0.25, 0.3) is 5.91 Å². The van der Waals surface area contributed by atoms with Crippen LogP contribution in [-0.2, 0) is 9.59 Å². The molecule has 3 unspecified atom stereocenters. The van der Waals surface area contributed by atoms with Gasteiger partial charge in [-0.3, -0.25) is 15.0 Å². The monoisotopic (exact) mass is 310 g/mol. The molecule has 0 spiro atoms. The molecule has 22 heavy (non-hydrogen) atoms. The lowest BCUT2D eigenvalue weighted by molar-refractivity contribution is -0.130. The van der Waals surface area contributed by atoms with E-state index in [1.807, 2.05) is 10.9 Å². The zero-order valence-electron chi connectivity index (χ0n) is 11.8. The Hall–Kier alpha value is -2.65. The van der Waals surface area contributed by atoms with Crippen molar-refractivity contribution in [2.45, 2.75) is 25.2 Å². The third-order valence-corrected chi connectivity index (χ3v) is 2.74. The number of hydrogen-bond acceptors (Lipinski definition) is 5. The van der Waals surface area contributed by atoms with Gasteiger partial charge in [-0.25, -0.2) is 10.2 Å². The van der Waals surface area contributed by atoms with Gasteiger partial charge in [-0.1, -0.05) is 30.3 Å². The maximum absolute atomic E-state index is 11.7. The van der Waals surface area contributed by atoms with Crippen LogP contribution >= 0.6 is 0 Å². The van der Waals surface area contributed by atoms with Crippen molar-refractivity contribution in [3.8, 4) is 0 Å². The summed E-state index contributed by atoms with van der Waals surface area (Å²) in [5.41, 5.74) is 9.27. The summed E-state index contributed by atoms with van der Waals surface area (Å²) in [4.78, 5) is 34.1. The van der Waals surface area contributed by atoms with Gasteiger partial charge in [-0.2, -0.15) is 0 Å². The Morgan fingerprint density at radius 3 is 2.18 bits per heavy atom. The van der Waals surface area contributed by atoms with Crippen molar-refractivity contribution in [3.63, 3.8) is 0 Å². The highest BCUT2D eigenvalue weighted by Crippen LogP contribution is 2.11. The van der Waals surface area contributed by atoms with Crippen LogP contribution in [0.4, 0.5) is 4.79 Å². The molecule has 0 saturated carbocycles. The third-order valence-electron chi connectivity index (χ3n) is 2.74. The Kier molecular flexibility index (Phi) is 6.29. The molecule has 0 aliphatic rings. The van der Waals surface area contributed by atoms with E-state index in [2.05, 4.69) is 5.32 Å². The number of aliphatic hydroxyl groups is 2. The van der Waals surface area contributed by atoms with Crippen LogP contribution in [0.3, 0.4) is 0 Å². The Morgan fingerprint density at radius 1 is 1.09 bits per heavy atom. The van der Waals surface area contributed by atoms with E-state index >= 15 is 0 Å². The number of primary amides is 1. The van der Waals surface area contributed by atoms with E-state index in [1.165, 1.54) is 6.92 Å². The Bertz CT molecular complexity index is 534. The summed E-state index contributed by atoms with van der Waals surface area (Å²) in [5, 5.41) is 21.1. The van der Waals surface area contributed by atoms with Crippen LogP contribution in [0.2, 0.25) is 0 Å². The van der Waals surface area contributed by atoms with Crippen molar-refractivity contribution < 1.29 is 24.6 Å². The molecule has 7 N–H and O–H groups in total. The highest BCUT2D eigenvalue weighted by Gasteiger charge is 2.24. The van der Waals surface area contributed by atoms with Crippen LogP contribution in [0.1, 0.15) is 18.6 Å². The third kappa shape index (κ3) is 5.04. The molecule has 0 bridgehead atoms. The molecule has 0 aliphatic heterocycles. The minimum Gasteiger partial charge on any atom is -0.391 e. The Balaban J connectivity index is 2.50. The van der Waals surface area contributed by atoms with Crippen LogP contribution in [0.15, 0.2) is 30.3 Å². The van der Waals surface area contributed by atoms with E-state index in [0.29, 0.717) is 5.56 Å². The second kappa shape index (κ2) is 7.96. The molecule has 0 heterocycles. The van der Waals surface area contributed by atoms with Crippen molar-refractivity contribution in [2.75, 3.05) is 0 Å². The number of nitrogens with two attached hydrogens (primary N) is 1. The number of aliphatic hydroxyl groups excluding tert-OH is 2. The van der Waals surface area contributed by atoms with Gasteiger partial charge in [0.2, 0.25) is 5.91 Å². The molecule has 0 saturated heterocycles. The number of carbonyl (C=O) groups is 3. The van der Waals surface area contributed by atoms with Crippen LogP contribution < -0.4 is 21.9 Å². The molecule has 1 aromatic carbocycles. The van der Waals surface area contributed by atoms with E-state index in [9.17, 15) is 24.6 Å². The van der Waals surface area contributed by atoms with Crippen LogP contribution in [0.5, 0.6) is 0 Å². The largest absolute Gasteiger partial charge is 0.391 e. The quantitative estimate of drug-likeness (QED) is 0.357. The topological polar surface area (TPSA) is 154 Å². The van der Waals surface area contributed by atoms with Gasteiger partial charge in [0, 0.05) is 0 Å². The van der Waals surface area contributed by atoms with Crippen LogP contribution in [0.25, 0.3) is 0 Å². The molecule has 0 aromatic heterocycles. The number of hydrogen-bond donors (Lipinski definition) is 6. The van der Waals surface area contributed by atoms with Crippen LogP contribution in [0, 0.1) is 0 Å². The molecule has 4 amide bonds. The predicted octanol–water partition coefficient (Wildman–Crippen LogP) is -1.71. The zero-order valence-corrected chi connectivity index (χ0v) is 11.8. The average molecular weight is 310 g/mol. The standard InChI is InChI=1S/C13H18N4O5/c1-7(18)9(11(14)20)15-13(22)17-16-12(21)10(19)8-5-3-2-4-6-8/h2-7,9-10,18-19H,1H3,(H2,14,20)(H,16,21)(H2,15,17,22). The van der Waals surface area contributed by atoms with Crippen LogP contribution in [-0.4, -0.2) is 40.2 Å². The fourth-order valence-corrected chi connectivity index (χ4v) is 1.58. The van der Waals surface area contributed by atoms with E-state index in [-0.39, 0.29) is 0 Å². The summed E-state index contributed by atoms with van der Waals surface area (Å²) in [6, 6.07) is 5.83. The summed E-state index contributed by atoms with van der Waals surface area (Å²) in [6.07, 6.45) is -2.67. The number of amides is 4. The number of benzene rings is 1. The molecule has 3 atom stereocenters. The molecule has 9 nitrogen and oxygen atoms in total.